The van der Waals surface area contributed by atoms with Gasteiger partial charge in [-0.1, -0.05) is 61.0 Å². The van der Waals surface area contributed by atoms with Crippen LogP contribution in [0.4, 0.5) is 0 Å². The van der Waals surface area contributed by atoms with Crippen LogP contribution in [0, 0.1) is 13.8 Å². The summed E-state index contributed by atoms with van der Waals surface area (Å²) in [4.78, 5) is 12.5. The van der Waals surface area contributed by atoms with E-state index in [9.17, 15) is 0 Å². The van der Waals surface area contributed by atoms with Gasteiger partial charge in [-0.3, -0.25) is 0 Å². The topological polar surface area (TPSA) is 73.9 Å². The summed E-state index contributed by atoms with van der Waals surface area (Å²) in [6.45, 7) is 8.27. The maximum atomic E-state index is 5.90. The van der Waals surface area contributed by atoms with E-state index in [0.717, 1.165) is 0 Å². The zero-order valence-electron chi connectivity index (χ0n) is 16.9. The fourth-order valence-corrected chi connectivity index (χ4v) is 3.12. The smallest absolute Gasteiger partial charge is 0.223 e. The number of aryl methyl sites for hydroxylation is 2. The Morgan fingerprint density at radius 2 is 1.52 bits per heavy atom. The van der Waals surface area contributed by atoms with Crippen LogP contribution in [0.2, 0.25) is 0 Å². The molecule has 0 N–H and O–H groups in total. The van der Waals surface area contributed by atoms with Gasteiger partial charge in [-0.25, -0.2) is 9.97 Å². The third-order valence-corrected chi connectivity index (χ3v) is 4.97. The predicted octanol–water partition coefficient (Wildman–Crippen LogP) is 5.26. The summed E-state index contributed by atoms with van der Waals surface area (Å²) in [5.74, 6) is 2.00. The van der Waals surface area contributed by atoms with E-state index in [2.05, 4.69) is 77.3 Å². The van der Waals surface area contributed by atoms with Crippen LogP contribution >= 0.6 is 0 Å². The van der Waals surface area contributed by atoms with E-state index in [-0.39, 0.29) is 5.41 Å². The predicted molar refractivity (Wildman–Crippen MR) is 110 cm³/mol. The molecule has 6 heteroatoms. The van der Waals surface area contributed by atoms with Crippen molar-refractivity contribution in [2.24, 2.45) is 0 Å². The lowest BCUT2D eigenvalue weighted by molar-refractivity contribution is 0.394. The molecule has 0 aliphatic rings. The number of hydrogen-bond acceptors (Lipinski definition) is 6. The van der Waals surface area contributed by atoms with E-state index in [0.29, 0.717) is 29.0 Å². The SMILES string of the molecule is Cc1ccc(C(C)(C)c2ccc(Oc3cc(-c4noc(C)n4)ncn3)cc2)cc1. The van der Waals surface area contributed by atoms with Crippen molar-refractivity contribution in [3.63, 3.8) is 0 Å². The van der Waals surface area contributed by atoms with Gasteiger partial charge in [-0.05, 0) is 30.2 Å². The molecule has 0 fully saturated rings. The Kier molecular flexibility index (Phi) is 4.84. The molecule has 4 rings (SSSR count). The number of ether oxygens (including phenoxy) is 1. The molecule has 4 aromatic rings. The first-order chi connectivity index (χ1) is 13.9. The molecule has 0 aliphatic heterocycles. The monoisotopic (exact) mass is 386 g/mol. The summed E-state index contributed by atoms with van der Waals surface area (Å²) in [6, 6.07) is 18.4. The standard InChI is InChI=1S/C23H22N4O2/c1-15-5-7-17(8-6-15)23(3,4)18-9-11-19(12-10-18)28-21-13-20(24-14-25-21)22-26-16(2)29-27-22/h5-14H,1-4H3. The minimum Gasteiger partial charge on any atom is -0.439 e. The van der Waals surface area contributed by atoms with E-state index in [1.807, 2.05) is 12.1 Å². The molecule has 0 saturated carbocycles. The fraction of sp³-hybridized carbons (Fsp3) is 0.217. The Labute approximate surface area is 169 Å². The van der Waals surface area contributed by atoms with Crippen LogP contribution in [0.1, 0.15) is 36.4 Å². The van der Waals surface area contributed by atoms with Crippen molar-refractivity contribution in [3.05, 3.63) is 83.5 Å². The van der Waals surface area contributed by atoms with E-state index in [1.165, 1.54) is 23.0 Å². The van der Waals surface area contributed by atoms with Gasteiger partial charge in [0.25, 0.3) is 0 Å². The number of benzene rings is 2. The summed E-state index contributed by atoms with van der Waals surface area (Å²) >= 11 is 0. The van der Waals surface area contributed by atoms with Crippen molar-refractivity contribution in [3.8, 4) is 23.1 Å². The lowest BCUT2D eigenvalue weighted by Crippen LogP contribution is -2.18. The third kappa shape index (κ3) is 4.01. The second-order valence-corrected chi connectivity index (χ2v) is 7.50. The fourth-order valence-electron chi connectivity index (χ4n) is 3.12. The second kappa shape index (κ2) is 7.47. The van der Waals surface area contributed by atoms with Crippen molar-refractivity contribution < 1.29 is 9.26 Å². The number of aromatic nitrogens is 4. The zero-order valence-corrected chi connectivity index (χ0v) is 16.9. The molecule has 0 amide bonds. The molecule has 0 atom stereocenters. The molecule has 2 aromatic heterocycles. The first-order valence-corrected chi connectivity index (χ1v) is 9.40. The van der Waals surface area contributed by atoms with E-state index >= 15 is 0 Å². The average molecular weight is 386 g/mol. The van der Waals surface area contributed by atoms with E-state index in [1.54, 1.807) is 13.0 Å². The van der Waals surface area contributed by atoms with Crippen molar-refractivity contribution >= 4 is 0 Å². The molecule has 6 nitrogen and oxygen atoms in total. The maximum absolute atomic E-state index is 5.90. The molecule has 2 aromatic carbocycles. The lowest BCUT2D eigenvalue weighted by atomic mass is 9.78. The third-order valence-electron chi connectivity index (χ3n) is 4.97. The number of rotatable bonds is 5. The van der Waals surface area contributed by atoms with Crippen molar-refractivity contribution in [1.29, 1.82) is 0 Å². The number of hydrogen-bond donors (Lipinski definition) is 0. The quantitative estimate of drug-likeness (QED) is 0.466. The highest BCUT2D eigenvalue weighted by Crippen LogP contribution is 2.33. The van der Waals surface area contributed by atoms with Gasteiger partial charge in [0.2, 0.25) is 17.6 Å². The molecular formula is C23H22N4O2. The Bertz CT molecular complexity index is 1120. The van der Waals surface area contributed by atoms with Gasteiger partial charge in [-0.15, -0.1) is 0 Å². The molecule has 0 radical (unpaired) electrons. The minimum atomic E-state index is -0.106. The maximum Gasteiger partial charge on any atom is 0.223 e. The largest absolute Gasteiger partial charge is 0.439 e. The Morgan fingerprint density at radius 1 is 0.862 bits per heavy atom. The molecule has 0 aliphatic carbocycles. The second-order valence-electron chi connectivity index (χ2n) is 7.50. The van der Waals surface area contributed by atoms with E-state index in [4.69, 9.17) is 9.26 Å². The van der Waals surface area contributed by atoms with Crippen molar-refractivity contribution in [1.82, 2.24) is 20.1 Å². The Morgan fingerprint density at radius 3 is 2.14 bits per heavy atom. The average Bonchev–Trinajstić information content (AvgIpc) is 3.15. The Balaban J connectivity index is 1.53. The molecule has 0 spiro atoms. The summed E-state index contributed by atoms with van der Waals surface area (Å²) < 4.78 is 10.9. The summed E-state index contributed by atoms with van der Waals surface area (Å²) in [5, 5.41) is 3.88. The molecule has 0 bridgehead atoms. The molecule has 0 saturated heterocycles. The summed E-state index contributed by atoms with van der Waals surface area (Å²) in [6.07, 6.45) is 1.42. The van der Waals surface area contributed by atoms with Gasteiger partial charge in [0.15, 0.2) is 0 Å². The summed E-state index contributed by atoms with van der Waals surface area (Å²) in [5.41, 5.74) is 4.18. The highest BCUT2D eigenvalue weighted by Gasteiger charge is 2.23. The van der Waals surface area contributed by atoms with Crippen LogP contribution in [0.5, 0.6) is 11.6 Å². The highest BCUT2D eigenvalue weighted by atomic mass is 16.5. The van der Waals surface area contributed by atoms with Crippen molar-refractivity contribution in [2.75, 3.05) is 0 Å². The summed E-state index contributed by atoms with van der Waals surface area (Å²) in [7, 11) is 0. The van der Waals surface area contributed by atoms with Gasteiger partial charge in [-0.2, -0.15) is 4.98 Å². The first kappa shape index (κ1) is 18.8. The minimum absolute atomic E-state index is 0.106. The molecule has 2 heterocycles. The van der Waals surface area contributed by atoms with Crippen LogP contribution in [0.25, 0.3) is 11.5 Å². The van der Waals surface area contributed by atoms with Gasteiger partial charge >= 0.3 is 0 Å². The molecule has 146 valence electrons. The van der Waals surface area contributed by atoms with Gasteiger partial charge in [0.05, 0.1) is 0 Å². The molecular weight excluding hydrogens is 364 g/mol. The van der Waals surface area contributed by atoms with Crippen molar-refractivity contribution in [2.45, 2.75) is 33.1 Å². The normalized spacial score (nSPS) is 11.4. The zero-order chi connectivity index (χ0) is 20.4. The molecule has 0 unspecified atom stereocenters. The van der Waals surface area contributed by atoms with Crippen LogP contribution < -0.4 is 4.74 Å². The van der Waals surface area contributed by atoms with E-state index < -0.39 is 0 Å². The van der Waals surface area contributed by atoms with Gasteiger partial charge in [0, 0.05) is 18.4 Å². The lowest BCUT2D eigenvalue weighted by Gasteiger charge is -2.26. The number of nitrogens with zero attached hydrogens (tertiary/aromatic N) is 4. The van der Waals surface area contributed by atoms with Crippen LogP contribution in [0.15, 0.2) is 65.4 Å². The van der Waals surface area contributed by atoms with Crippen LogP contribution in [-0.2, 0) is 5.41 Å². The van der Waals surface area contributed by atoms with Crippen LogP contribution in [-0.4, -0.2) is 20.1 Å². The van der Waals surface area contributed by atoms with Gasteiger partial charge < -0.3 is 9.26 Å². The first-order valence-electron chi connectivity index (χ1n) is 9.40. The Hall–Kier alpha value is -3.54. The van der Waals surface area contributed by atoms with Crippen LogP contribution in [0.3, 0.4) is 0 Å². The highest BCUT2D eigenvalue weighted by molar-refractivity contribution is 5.49. The van der Waals surface area contributed by atoms with Gasteiger partial charge in [0.1, 0.15) is 17.8 Å². The molecule has 29 heavy (non-hydrogen) atoms.